The van der Waals surface area contributed by atoms with Crippen molar-refractivity contribution in [1.29, 1.82) is 0 Å². The molecule has 1 fully saturated rings. The molecule has 1 atom stereocenters. The maximum atomic E-state index is 12.1. The molecule has 2 rings (SSSR count). The predicted octanol–water partition coefficient (Wildman–Crippen LogP) is 1.31. The molecule has 3 N–H and O–H groups in total. The smallest absolute Gasteiger partial charge is 0.255 e. The number of aryl methyl sites for hydroxylation is 1. The number of nitrogens with two attached hydrogens (primary N) is 1. The molecule has 0 bridgehead atoms. The standard InChI is InChI=1S/C11H17N3O.ClH/c1-8-10(4-5-13-8)11(15)14-6-2-3-9(14)7-12;/h4-5,9,13H,2-3,6-7,12H2,1H3;1H. The molecule has 1 unspecified atom stereocenters. The summed E-state index contributed by atoms with van der Waals surface area (Å²) in [6, 6.07) is 2.07. The Morgan fingerprint density at radius 1 is 1.69 bits per heavy atom. The maximum Gasteiger partial charge on any atom is 0.255 e. The van der Waals surface area contributed by atoms with Crippen molar-refractivity contribution in [2.45, 2.75) is 25.8 Å². The zero-order chi connectivity index (χ0) is 10.8. The van der Waals surface area contributed by atoms with Gasteiger partial charge in [-0.05, 0) is 25.8 Å². The third-order valence-corrected chi connectivity index (χ3v) is 3.09. The molecule has 0 aromatic carbocycles. The Kier molecular flexibility index (Phi) is 4.38. The van der Waals surface area contributed by atoms with Crippen LogP contribution in [0.3, 0.4) is 0 Å². The van der Waals surface area contributed by atoms with Crippen LogP contribution in [0.4, 0.5) is 0 Å². The summed E-state index contributed by atoms with van der Waals surface area (Å²) in [7, 11) is 0. The van der Waals surface area contributed by atoms with Crippen LogP contribution >= 0.6 is 12.4 Å². The lowest BCUT2D eigenvalue weighted by atomic mass is 10.2. The van der Waals surface area contributed by atoms with Crippen molar-refractivity contribution < 1.29 is 4.79 Å². The maximum absolute atomic E-state index is 12.1. The highest BCUT2D eigenvalue weighted by Gasteiger charge is 2.29. The van der Waals surface area contributed by atoms with Gasteiger partial charge >= 0.3 is 0 Å². The topological polar surface area (TPSA) is 62.1 Å². The van der Waals surface area contributed by atoms with Gasteiger partial charge in [0.2, 0.25) is 0 Å². The Bertz CT molecular complexity index is 364. The zero-order valence-electron chi connectivity index (χ0n) is 9.40. The highest BCUT2D eigenvalue weighted by atomic mass is 35.5. The molecule has 1 amide bonds. The van der Waals surface area contributed by atoms with E-state index in [0.29, 0.717) is 6.54 Å². The Hall–Kier alpha value is -1.00. The monoisotopic (exact) mass is 243 g/mol. The lowest BCUT2D eigenvalue weighted by Crippen LogP contribution is -2.40. The molecule has 0 aliphatic carbocycles. The van der Waals surface area contributed by atoms with E-state index in [9.17, 15) is 4.79 Å². The molecule has 0 spiro atoms. The van der Waals surface area contributed by atoms with Gasteiger partial charge in [-0.15, -0.1) is 12.4 Å². The first-order valence-corrected chi connectivity index (χ1v) is 5.39. The molecule has 1 aliphatic heterocycles. The first-order chi connectivity index (χ1) is 7.24. The summed E-state index contributed by atoms with van der Waals surface area (Å²) in [6.45, 7) is 3.32. The minimum absolute atomic E-state index is 0. The van der Waals surface area contributed by atoms with E-state index < -0.39 is 0 Å². The summed E-state index contributed by atoms with van der Waals surface area (Å²) in [5.41, 5.74) is 7.36. The molecule has 2 heterocycles. The van der Waals surface area contributed by atoms with Crippen LogP contribution in [-0.4, -0.2) is 34.9 Å². The number of H-pyrrole nitrogens is 1. The van der Waals surface area contributed by atoms with Crippen LogP contribution < -0.4 is 5.73 Å². The normalized spacial score (nSPS) is 19.6. The van der Waals surface area contributed by atoms with Gasteiger partial charge in [-0.25, -0.2) is 0 Å². The summed E-state index contributed by atoms with van der Waals surface area (Å²) >= 11 is 0. The number of amides is 1. The summed E-state index contributed by atoms with van der Waals surface area (Å²) in [4.78, 5) is 17.1. The molecule has 90 valence electrons. The fourth-order valence-electron chi connectivity index (χ4n) is 2.19. The minimum Gasteiger partial charge on any atom is -0.365 e. The molecule has 0 radical (unpaired) electrons. The van der Waals surface area contributed by atoms with E-state index in [1.807, 2.05) is 17.9 Å². The summed E-state index contributed by atoms with van der Waals surface area (Å²) in [5.74, 6) is 0.113. The Balaban J connectivity index is 0.00000128. The lowest BCUT2D eigenvalue weighted by molar-refractivity contribution is 0.0740. The van der Waals surface area contributed by atoms with Gasteiger partial charge in [0.15, 0.2) is 0 Å². The van der Waals surface area contributed by atoms with Crippen molar-refractivity contribution in [1.82, 2.24) is 9.88 Å². The van der Waals surface area contributed by atoms with Crippen LogP contribution in [0.5, 0.6) is 0 Å². The van der Waals surface area contributed by atoms with Crippen LogP contribution in [0.1, 0.15) is 28.9 Å². The van der Waals surface area contributed by atoms with Crippen molar-refractivity contribution in [2.24, 2.45) is 5.73 Å². The SMILES string of the molecule is Cc1[nH]ccc1C(=O)N1CCCC1CN.Cl. The van der Waals surface area contributed by atoms with E-state index in [4.69, 9.17) is 5.73 Å². The second-order valence-electron chi connectivity index (χ2n) is 4.05. The highest BCUT2D eigenvalue weighted by molar-refractivity contribution is 5.95. The third kappa shape index (κ3) is 2.23. The second kappa shape index (κ2) is 5.37. The van der Waals surface area contributed by atoms with Gasteiger partial charge in [0.25, 0.3) is 5.91 Å². The number of carbonyl (C=O) groups is 1. The van der Waals surface area contributed by atoms with Crippen LogP contribution in [0.2, 0.25) is 0 Å². The number of likely N-dealkylation sites (tertiary alicyclic amines) is 1. The highest BCUT2D eigenvalue weighted by Crippen LogP contribution is 2.20. The molecule has 5 heteroatoms. The molecule has 4 nitrogen and oxygen atoms in total. The van der Waals surface area contributed by atoms with Crippen LogP contribution in [0, 0.1) is 6.92 Å². The second-order valence-corrected chi connectivity index (χ2v) is 4.05. The summed E-state index contributed by atoms with van der Waals surface area (Å²) < 4.78 is 0. The van der Waals surface area contributed by atoms with E-state index in [1.54, 1.807) is 6.20 Å². The average molecular weight is 244 g/mol. The number of nitrogens with one attached hydrogen (secondary N) is 1. The van der Waals surface area contributed by atoms with Crippen LogP contribution in [0.25, 0.3) is 0 Å². The first kappa shape index (κ1) is 13.1. The number of rotatable bonds is 2. The van der Waals surface area contributed by atoms with E-state index in [-0.39, 0.29) is 24.4 Å². The molecular weight excluding hydrogens is 226 g/mol. The van der Waals surface area contributed by atoms with Gasteiger partial charge in [-0.1, -0.05) is 0 Å². The van der Waals surface area contributed by atoms with Crippen molar-refractivity contribution in [2.75, 3.05) is 13.1 Å². The van der Waals surface area contributed by atoms with Gasteiger partial charge in [-0.3, -0.25) is 4.79 Å². The summed E-state index contributed by atoms with van der Waals surface area (Å²) in [5, 5.41) is 0. The van der Waals surface area contributed by atoms with Crippen molar-refractivity contribution in [3.63, 3.8) is 0 Å². The largest absolute Gasteiger partial charge is 0.365 e. The number of nitrogens with zero attached hydrogens (tertiary/aromatic N) is 1. The fourth-order valence-corrected chi connectivity index (χ4v) is 2.19. The number of hydrogen-bond acceptors (Lipinski definition) is 2. The van der Waals surface area contributed by atoms with Crippen molar-refractivity contribution >= 4 is 18.3 Å². The van der Waals surface area contributed by atoms with Gasteiger partial charge in [0, 0.05) is 31.0 Å². The van der Waals surface area contributed by atoms with Crippen LogP contribution in [0.15, 0.2) is 12.3 Å². The number of hydrogen-bond donors (Lipinski definition) is 2. The molecule has 16 heavy (non-hydrogen) atoms. The summed E-state index contributed by atoms with van der Waals surface area (Å²) in [6.07, 6.45) is 3.90. The zero-order valence-corrected chi connectivity index (χ0v) is 10.2. The van der Waals surface area contributed by atoms with Gasteiger partial charge < -0.3 is 15.6 Å². The molecule has 1 saturated heterocycles. The Morgan fingerprint density at radius 3 is 3.00 bits per heavy atom. The van der Waals surface area contributed by atoms with E-state index in [0.717, 1.165) is 30.6 Å². The van der Waals surface area contributed by atoms with Gasteiger partial charge in [-0.2, -0.15) is 0 Å². The third-order valence-electron chi connectivity index (χ3n) is 3.09. The van der Waals surface area contributed by atoms with Crippen molar-refractivity contribution in [3.8, 4) is 0 Å². The quantitative estimate of drug-likeness (QED) is 0.823. The number of carbonyl (C=O) groups excluding carboxylic acids is 1. The number of aromatic nitrogens is 1. The first-order valence-electron chi connectivity index (χ1n) is 5.39. The Labute approximate surface area is 102 Å². The fraction of sp³-hybridized carbons (Fsp3) is 0.545. The predicted molar refractivity (Wildman–Crippen MR) is 65.9 cm³/mol. The average Bonchev–Trinajstić information content (AvgIpc) is 2.84. The lowest BCUT2D eigenvalue weighted by Gasteiger charge is -2.23. The molecule has 0 saturated carbocycles. The Morgan fingerprint density at radius 2 is 2.44 bits per heavy atom. The molecule has 1 aromatic heterocycles. The van der Waals surface area contributed by atoms with E-state index in [2.05, 4.69) is 4.98 Å². The van der Waals surface area contributed by atoms with Crippen LogP contribution in [-0.2, 0) is 0 Å². The van der Waals surface area contributed by atoms with E-state index in [1.165, 1.54) is 0 Å². The van der Waals surface area contributed by atoms with Crippen molar-refractivity contribution in [3.05, 3.63) is 23.5 Å². The molecule has 1 aromatic rings. The number of aromatic amines is 1. The van der Waals surface area contributed by atoms with E-state index >= 15 is 0 Å². The van der Waals surface area contributed by atoms with Gasteiger partial charge in [0.05, 0.1) is 5.56 Å². The molecular formula is C11H18ClN3O. The molecule has 1 aliphatic rings. The number of halogens is 1. The minimum atomic E-state index is 0. The van der Waals surface area contributed by atoms with Gasteiger partial charge in [0.1, 0.15) is 0 Å².